The lowest BCUT2D eigenvalue weighted by atomic mass is 9.99. The molecule has 0 amide bonds. The van der Waals surface area contributed by atoms with Gasteiger partial charge in [0.1, 0.15) is 6.29 Å². The monoisotopic (exact) mass is 279 g/mol. The summed E-state index contributed by atoms with van der Waals surface area (Å²) < 4.78 is 0. The third-order valence-corrected chi connectivity index (χ3v) is 5.46. The normalized spacial score (nSPS) is 31.9. The first-order valence-electron chi connectivity index (χ1n) is 9.04. The van der Waals surface area contributed by atoms with Crippen LogP contribution in [-0.4, -0.2) is 29.3 Å². The van der Waals surface area contributed by atoms with E-state index < -0.39 is 0 Å². The fourth-order valence-electron chi connectivity index (χ4n) is 4.36. The van der Waals surface area contributed by atoms with Crippen LogP contribution < -0.4 is 0 Å². The highest BCUT2D eigenvalue weighted by Gasteiger charge is 2.34. The Morgan fingerprint density at radius 1 is 0.850 bits per heavy atom. The average Bonchev–Trinajstić information content (AvgIpc) is 2.77. The Kier molecular flexibility index (Phi) is 7.06. The standard InChI is InChI=1S/C18H33NO/c1-16-12-13-18(14-15-20)19(16)17-10-8-6-4-2-3-5-7-9-11-17/h15-18H,2-14H2,1H3. The van der Waals surface area contributed by atoms with E-state index in [-0.39, 0.29) is 0 Å². The molecule has 0 aromatic rings. The Bertz CT molecular complexity index is 267. The van der Waals surface area contributed by atoms with Crippen LogP contribution in [-0.2, 0) is 4.79 Å². The van der Waals surface area contributed by atoms with Gasteiger partial charge in [-0.3, -0.25) is 4.90 Å². The minimum Gasteiger partial charge on any atom is -0.303 e. The molecule has 2 aliphatic rings. The molecule has 0 spiro atoms. The van der Waals surface area contributed by atoms with Gasteiger partial charge in [0.15, 0.2) is 0 Å². The minimum atomic E-state index is 0.539. The number of rotatable bonds is 3. The largest absolute Gasteiger partial charge is 0.303 e. The topological polar surface area (TPSA) is 20.3 Å². The smallest absolute Gasteiger partial charge is 0.121 e. The van der Waals surface area contributed by atoms with Gasteiger partial charge in [-0.1, -0.05) is 51.4 Å². The molecule has 20 heavy (non-hydrogen) atoms. The van der Waals surface area contributed by atoms with Crippen LogP contribution in [0.2, 0.25) is 0 Å². The van der Waals surface area contributed by atoms with E-state index >= 15 is 0 Å². The minimum absolute atomic E-state index is 0.539. The Labute approximate surface area is 125 Å². The summed E-state index contributed by atoms with van der Waals surface area (Å²) >= 11 is 0. The Hall–Kier alpha value is -0.370. The van der Waals surface area contributed by atoms with Crippen LogP contribution in [0.25, 0.3) is 0 Å². The number of hydrogen-bond donors (Lipinski definition) is 0. The van der Waals surface area contributed by atoms with E-state index in [9.17, 15) is 4.79 Å². The summed E-state index contributed by atoms with van der Waals surface area (Å²) in [7, 11) is 0. The Morgan fingerprint density at radius 2 is 1.40 bits per heavy atom. The van der Waals surface area contributed by atoms with Gasteiger partial charge in [0.2, 0.25) is 0 Å². The highest BCUT2D eigenvalue weighted by atomic mass is 16.1. The summed E-state index contributed by atoms with van der Waals surface area (Å²) in [4.78, 5) is 13.7. The predicted octanol–water partition coefficient (Wildman–Crippen LogP) is 4.71. The van der Waals surface area contributed by atoms with E-state index in [1.165, 1.54) is 77.0 Å². The maximum Gasteiger partial charge on any atom is 0.121 e. The molecular formula is C18H33NO. The first-order valence-corrected chi connectivity index (χ1v) is 9.04. The molecule has 0 N–H and O–H groups in total. The molecule has 2 rings (SSSR count). The van der Waals surface area contributed by atoms with E-state index in [0.717, 1.165) is 18.7 Å². The van der Waals surface area contributed by atoms with Crippen molar-refractivity contribution in [3.63, 3.8) is 0 Å². The van der Waals surface area contributed by atoms with Gasteiger partial charge >= 0.3 is 0 Å². The maximum absolute atomic E-state index is 10.9. The number of hydrogen-bond acceptors (Lipinski definition) is 2. The lowest BCUT2D eigenvalue weighted by molar-refractivity contribution is -0.109. The quantitative estimate of drug-likeness (QED) is 0.697. The zero-order valence-electron chi connectivity index (χ0n) is 13.4. The second-order valence-corrected chi connectivity index (χ2v) is 6.99. The van der Waals surface area contributed by atoms with Crippen LogP contribution in [0, 0.1) is 0 Å². The zero-order chi connectivity index (χ0) is 14.2. The van der Waals surface area contributed by atoms with Crippen molar-refractivity contribution in [1.29, 1.82) is 0 Å². The fraction of sp³-hybridized carbons (Fsp3) is 0.944. The summed E-state index contributed by atoms with van der Waals surface area (Å²) in [6.07, 6.45) is 18.5. The molecule has 2 nitrogen and oxygen atoms in total. The van der Waals surface area contributed by atoms with Crippen molar-refractivity contribution >= 4 is 6.29 Å². The molecular weight excluding hydrogens is 246 g/mol. The molecule has 0 bridgehead atoms. The fourth-order valence-corrected chi connectivity index (χ4v) is 4.36. The second-order valence-electron chi connectivity index (χ2n) is 6.99. The third-order valence-electron chi connectivity index (χ3n) is 5.46. The number of likely N-dealkylation sites (tertiary alicyclic amines) is 1. The van der Waals surface area contributed by atoms with Gasteiger partial charge in [0.25, 0.3) is 0 Å². The first kappa shape index (κ1) is 16.0. The molecule has 2 atom stereocenters. The van der Waals surface area contributed by atoms with Gasteiger partial charge in [-0.25, -0.2) is 0 Å². The number of nitrogens with zero attached hydrogens (tertiary/aromatic N) is 1. The third kappa shape index (κ3) is 4.58. The predicted molar refractivity (Wildman–Crippen MR) is 85.0 cm³/mol. The lowest BCUT2D eigenvalue weighted by Crippen LogP contribution is -2.43. The lowest BCUT2D eigenvalue weighted by Gasteiger charge is -2.36. The van der Waals surface area contributed by atoms with Crippen LogP contribution in [0.3, 0.4) is 0 Å². The van der Waals surface area contributed by atoms with E-state index in [1.54, 1.807) is 0 Å². The Balaban J connectivity index is 1.95. The molecule has 2 heteroatoms. The zero-order valence-corrected chi connectivity index (χ0v) is 13.4. The second kappa shape index (κ2) is 8.81. The van der Waals surface area contributed by atoms with Gasteiger partial charge in [0.05, 0.1) is 0 Å². The van der Waals surface area contributed by atoms with Crippen molar-refractivity contribution in [1.82, 2.24) is 4.90 Å². The van der Waals surface area contributed by atoms with Gasteiger partial charge in [-0.15, -0.1) is 0 Å². The van der Waals surface area contributed by atoms with Crippen molar-refractivity contribution in [2.45, 2.75) is 109 Å². The molecule has 116 valence electrons. The summed E-state index contributed by atoms with van der Waals surface area (Å²) in [6, 6.07) is 1.98. The SMILES string of the molecule is CC1CCC(CC=O)N1C1CCCCCCCCCC1. The number of aldehydes is 1. The Morgan fingerprint density at radius 3 is 1.95 bits per heavy atom. The van der Waals surface area contributed by atoms with E-state index in [0.29, 0.717) is 12.1 Å². The molecule has 1 heterocycles. The van der Waals surface area contributed by atoms with Crippen LogP contribution in [0.1, 0.15) is 90.4 Å². The van der Waals surface area contributed by atoms with Crippen molar-refractivity contribution in [2.24, 2.45) is 0 Å². The first-order chi connectivity index (χ1) is 9.83. The highest BCUT2D eigenvalue weighted by molar-refractivity contribution is 5.50. The van der Waals surface area contributed by atoms with Crippen LogP contribution in [0.4, 0.5) is 0 Å². The van der Waals surface area contributed by atoms with Crippen molar-refractivity contribution in [3.8, 4) is 0 Å². The van der Waals surface area contributed by atoms with Crippen LogP contribution in [0.15, 0.2) is 0 Å². The average molecular weight is 279 g/mol. The molecule has 0 radical (unpaired) electrons. The van der Waals surface area contributed by atoms with Crippen molar-refractivity contribution in [2.75, 3.05) is 0 Å². The molecule has 2 fully saturated rings. The van der Waals surface area contributed by atoms with E-state index in [1.807, 2.05) is 0 Å². The molecule has 2 unspecified atom stereocenters. The summed E-state index contributed by atoms with van der Waals surface area (Å²) in [5, 5.41) is 0. The van der Waals surface area contributed by atoms with Crippen molar-refractivity contribution in [3.05, 3.63) is 0 Å². The summed E-state index contributed by atoms with van der Waals surface area (Å²) in [5.74, 6) is 0. The summed E-state index contributed by atoms with van der Waals surface area (Å²) in [5.41, 5.74) is 0. The van der Waals surface area contributed by atoms with Gasteiger partial charge in [-0.2, -0.15) is 0 Å². The maximum atomic E-state index is 10.9. The molecule has 1 aliphatic carbocycles. The van der Waals surface area contributed by atoms with Crippen molar-refractivity contribution < 1.29 is 4.79 Å². The molecule has 1 saturated heterocycles. The van der Waals surface area contributed by atoms with Crippen LogP contribution in [0.5, 0.6) is 0 Å². The van der Waals surface area contributed by atoms with Gasteiger partial charge < -0.3 is 4.79 Å². The number of carbonyl (C=O) groups excluding carboxylic acids is 1. The van der Waals surface area contributed by atoms with E-state index in [2.05, 4.69) is 11.8 Å². The molecule has 0 aromatic heterocycles. The molecule has 1 aliphatic heterocycles. The highest BCUT2D eigenvalue weighted by Crippen LogP contribution is 2.32. The van der Waals surface area contributed by atoms with E-state index in [4.69, 9.17) is 0 Å². The van der Waals surface area contributed by atoms with Crippen LogP contribution >= 0.6 is 0 Å². The molecule has 1 saturated carbocycles. The molecule has 0 aromatic carbocycles. The van der Waals surface area contributed by atoms with Gasteiger partial charge in [0, 0.05) is 24.5 Å². The van der Waals surface area contributed by atoms with Gasteiger partial charge in [-0.05, 0) is 32.6 Å². The number of carbonyl (C=O) groups is 1. The summed E-state index contributed by atoms with van der Waals surface area (Å²) in [6.45, 7) is 2.37.